The Kier molecular flexibility index (Phi) is 2.98. The van der Waals surface area contributed by atoms with Crippen molar-refractivity contribution in [2.45, 2.75) is 6.92 Å². The summed E-state index contributed by atoms with van der Waals surface area (Å²) >= 11 is 6.08. The number of hydrogen-bond donors (Lipinski definition) is 0. The molecule has 1 aromatic carbocycles. The van der Waals surface area contributed by atoms with E-state index in [-0.39, 0.29) is 0 Å². The van der Waals surface area contributed by atoms with Crippen molar-refractivity contribution in [3.05, 3.63) is 52.3 Å². The summed E-state index contributed by atoms with van der Waals surface area (Å²) in [4.78, 5) is 0. The quantitative estimate of drug-likeness (QED) is 0.637. The highest BCUT2D eigenvalue weighted by Gasteiger charge is 2.07. The maximum atomic E-state index is 6.08. The molecule has 0 saturated carbocycles. The minimum absolute atomic E-state index is 0.584. The van der Waals surface area contributed by atoms with Gasteiger partial charge in [0.25, 0.3) is 0 Å². The smallest absolute Gasteiger partial charge is 0.142 e. The van der Waals surface area contributed by atoms with Crippen LogP contribution in [-0.4, -0.2) is 9.78 Å². The topological polar surface area (TPSA) is 17.8 Å². The van der Waals surface area contributed by atoms with Crippen LogP contribution < -0.4 is 0 Å². The Morgan fingerprint density at radius 2 is 1.88 bits per heavy atom. The van der Waals surface area contributed by atoms with Gasteiger partial charge < -0.3 is 0 Å². The molecule has 2 aromatic rings. The van der Waals surface area contributed by atoms with Crippen molar-refractivity contribution in [2.75, 3.05) is 0 Å². The van der Waals surface area contributed by atoms with Crippen molar-refractivity contribution in [1.29, 1.82) is 0 Å². The highest BCUT2D eigenvalue weighted by molar-refractivity contribution is 6.30. The van der Waals surface area contributed by atoms with Gasteiger partial charge in [-0.15, -0.1) is 0 Å². The van der Waals surface area contributed by atoms with Crippen LogP contribution in [0.3, 0.4) is 0 Å². The molecule has 0 amide bonds. The maximum absolute atomic E-state index is 6.08. The van der Waals surface area contributed by atoms with Crippen molar-refractivity contribution in [2.24, 2.45) is 7.05 Å². The fourth-order valence-electron chi connectivity index (χ4n) is 1.43. The van der Waals surface area contributed by atoms with Crippen LogP contribution in [0.5, 0.6) is 0 Å². The van der Waals surface area contributed by atoms with E-state index in [1.54, 1.807) is 4.68 Å². The molecule has 0 saturated heterocycles. The summed E-state index contributed by atoms with van der Waals surface area (Å²) in [6, 6.07) is 9.82. The molecule has 0 aliphatic rings. The number of rotatable bonds is 0. The van der Waals surface area contributed by atoms with E-state index in [4.69, 9.17) is 11.6 Å². The van der Waals surface area contributed by atoms with E-state index >= 15 is 0 Å². The SMILES string of the molecule is Cc1nn(C)c(Cl)c1C#Cc1ccccc1. The first-order valence-corrected chi connectivity index (χ1v) is 5.32. The summed E-state index contributed by atoms with van der Waals surface area (Å²) in [7, 11) is 1.81. The van der Waals surface area contributed by atoms with Gasteiger partial charge in [0.05, 0.1) is 11.3 Å². The number of nitrogens with zero attached hydrogens (tertiary/aromatic N) is 2. The third-order valence-electron chi connectivity index (χ3n) is 2.26. The van der Waals surface area contributed by atoms with Gasteiger partial charge in [0.15, 0.2) is 0 Å². The van der Waals surface area contributed by atoms with Gasteiger partial charge in [-0.1, -0.05) is 41.6 Å². The first kappa shape index (κ1) is 10.8. The predicted octanol–water partition coefficient (Wildman–Crippen LogP) is 2.78. The molecule has 2 rings (SSSR count). The summed E-state index contributed by atoms with van der Waals surface area (Å²) < 4.78 is 1.63. The third-order valence-corrected chi connectivity index (χ3v) is 2.69. The van der Waals surface area contributed by atoms with Crippen molar-refractivity contribution < 1.29 is 0 Å². The van der Waals surface area contributed by atoms with Gasteiger partial charge in [-0.3, -0.25) is 4.68 Å². The summed E-state index contributed by atoms with van der Waals surface area (Å²) in [5.41, 5.74) is 2.63. The van der Waals surface area contributed by atoms with E-state index in [0.717, 1.165) is 16.8 Å². The Morgan fingerprint density at radius 1 is 1.19 bits per heavy atom. The second-order valence-electron chi connectivity index (χ2n) is 3.49. The van der Waals surface area contributed by atoms with Gasteiger partial charge in [0.2, 0.25) is 0 Å². The second kappa shape index (κ2) is 4.42. The van der Waals surface area contributed by atoms with Crippen LogP contribution in [-0.2, 0) is 7.05 Å². The summed E-state index contributed by atoms with van der Waals surface area (Å²) in [6.45, 7) is 1.90. The molecular formula is C13H11ClN2. The molecule has 0 radical (unpaired) electrons. The van der Waals surface area contributed by atoms with E-state index in [1.165, 1.54) is 0 Å². The molecule has 0 bridgehead atoms. The molecule has 0 unspecified atom stereocenters. The number of aromatic nitrogens is 2. The summed E-state index contributed by atoms with van der Waals surface area (Å²) in [6.07, 6.45) is 0. The Labute approximate surface area is 99.9 Å². The molecule has 0 aliphatic heterocycles. The number of benzene rings is 1. The summed E-state index contributed by atoms with van der Waals surface area (Å²) in [5.74, 6) is 6.12. The van der Waals surface area contributed by atoms with E-state index < -0.39 is 0 Å². The van der Waals surface area contributed by atoms with Gasteiger partial charge in [-0.05, 0) is 19.1 Å². The van der Waals surface area contributed by atoms with E-state index in [1.807, 2.05) is 44.3 Å². The van der Waals surface area contributed by atoms with E-state index in [9.17, 15) is 0 Å². The Morgan fingerprint density at radius 3 is 2.44 bits per heavy atom. The molecule has 0 atom stereocenters. The van der Waals surface area contributed by atoms with Crippen LogP contribution in [0.15, 0.2) is 30.3 Å². The van der Waals surface area contributed by atoms with Crippen LogP contribution in [0, 0.1) is 18.8 Å². The largest absolute Gasteiger partial charge is 0.256 e. The lowest BCUT2D eigenvalue weighted by Gasteiger charge is -1.89. The van der Waals surface area contributed by atoms with Crippen molar-refractivity contribution in [3.63, 3.8) is 0 Å². The molecule has 16 heavy (non-hydrogen) atoms. The average molecular weight is 231 g/mol. The lowest BCUT2D eigenvalue weighted by Crippen LogP contribution is -1.88. The fraction of sp³-hybridized carbons (Fsp3) is 0.154. The molecule has 1 aromatic heterocycles. The predicted molar refractivity (Wildman–Crippen MR) is 65.4 cm³/mol. The minimum Gasteiger partial charge on any atom is -0.256 e. The zero-order chi connectivity index (χ0) is 11.5. The van der Waals surface area contributed by atoms with Crippen LogP contribution in [0.2, 0.25) is 5.15 Å². The molecule has 80 valence electrons. The number of aryl methyl sites for hydroxylation is 2. The Hall–Kier alpha value is -1.72. The molecule has 3 heteroatoms. The first-order valence-electron chi connectivity index (χ1n) is 4.94. The maximum Gasteiger partial charge on any atom is 0.142 e. The van der Waals surface area contributed by atoms with Crippen LogP contribution in [0.4, 0.5) is 0 Å². The van der Waals surface area contributed by atoms with Gasteiger partial charge in [0, 0.05) is 12.6 Å². The minimum atomic E-state index is 0.584. The van der Waals surface area contributed by atoms with Gasteiger partial charge in [-0.25, -0.2) is 0 Å². The van der Waals surface area contributed by atoms with Crippen molar-refractivity contribution in [1.82, 2.24) is 9.78 Å². The van der Waals surface area contributed by atoms with Crippen LogP contribution >= 0.6 is 11.6 Å². The molecule has 0 aliphatic carbocycles. The van der Waals surface area contributed by atoms with Crippen molar-refractivity contribution >= 4 is 11.6 Å². The van der Waals surface area contributed by atoms with Gasteiger partial charge in [-0.2, -0.15) is 5.10 Å². The molecule has 0 spiro atoms. The zero-order valence-electron chi connectivity index (χ0n) is 9.16. The van der Waals surface area contributed by atoms with Crippen LogP contribution in [0.1, 0.15) is 16.8 Å². The normalized spacial score (nSPS) is 9.69. The monoisotopic (exact) mass is 230 g/mol. The molecule has 2 nitrogen and oxygen atoms in total. The molecular weight excluding hydrogens is 220 g/mol. The lowest BCUT2D eigenvalue weighted by atomic mass is 10.2. The van der Waals surface area contributed by atoms with E-state index in [0.29, 0.717) is 5.15 Å². The second-order valence-corrected chi connectivity index (χ2v) is 3.85. The van der Waals surface area contributed by atoms with E-state index in [2.05, 4.69) is 16.9 Å². The van der Waals surface area contributed by atoms with Crippen molar-refractivity contribution in [3.8, 4) is 11.8 Å². The number of hydrogen-bond acceptors (Lipinski definition) is 1. The van der Waals surface area contributed by atoms with Gasteiger partial charge >= 0.3 is 0 Å². The Bertz CT molecular complexity index is 559. The summed E-state index contributed by atoms with van der Waals surface area (Å²) in [5, 5.41) is 4.79. The highest BCUT2D eigenvalue weighted by atomic mass is 35.5. The molecule has 1 heterocycles. The number of halogens is 1. The molecule has 0 fully saturated rings. The molecule has 0 N–H and O–H groups in total. The van der Waals surface area contributed by atoms with Crippen LogP contribution in [0.25, 0.3) is 0 Å². The lowest BCUT2D eigenvalue weighted by molar-refractivity contribution is 0.757. The zero-order valence-corrected chi connectivity index (χ0v) is 9.92. The average Bonchev–Trinajstić information content (AvgIpc) is 2.53. The first-order chi connectivity index (χ1) is 7.68. The van der Waals surface area contributed by atoms with Gasteiger partial charge in [0.1, 0.15) is 5.15 Å². The fourth-order valence-corrected chi connectivity index (χ4v) is 1.65. The third kappa shape index (κ3) is 2.10. The Balaban J connectivity index is 2.38. The standard InChI is InChI=1S/C13H11ClN2/c1-10-12(13(14)16(2)15-10)9-8-11-6-4-3-5-7-11/h3-7H,1-2H3. The highest BCUT2D eigenvalue weighted by Crippen LogP contribution is 2.17.